The third-order valence-electron chi connectivity index (χ3n) is 4.32. The molecule has 1 aromatic carbocycles. The Kier molecular flexibility index (Phi) is 4.61. The van der Waals surface area contributed by atoms with Gasteiger partial charge in [-0.1, -0.05) is 0 Å². The van der Waals surface area contributed by atoms with E-state index in [4.69, 9.17) is 0 Å². The van der Waals surface area contributed by atoms with Crippen molar-refractivity contribution < 1.29 is 4.92 Å². The second kappa shape index (κ2) is 6.83. The fourth-order valence-electron chi connectivity index (χ4n) is 2.95. The summed E-state index contributed by atoms with van der Waals surface area (Å²) in [5.41, 5.74) is 0.927. The normalized spacial score (nSPS) is 15.6. The average molecular weight is 332 g/mol. The van der Waals surface area contributed by atoms with Crippen LogP contribution in [0.2, 0.25) is 0 Å². The van der Waals surface area contributed by atoms with E-state index < -0.39 is 4.92 Å². The minimum absolute atomic E-state index is 0.105. The summed E-state index contributed by atoms with van der Waals surface area (Å²) in [6, 6.07) is 6.64. The molecule has 0 bridgehead atoms. The Hall–Kier alpha value is -2.68. The molecule has 1 fully saturated rings. The second-order valence-corrected chi connectivity index (χ2v) is 5.73. The van der Waals surface area contributed by atoms with Gasteiger partial charge in [0.15, 0.2) is 0 Å². The molecule has 0 aliphatic carbocycles. The molecule has 2 aromatic rings. The van der Waals surface area contributed by atoms with Crippen molar-refractivity contribution in [1.82, 2.24) is 19.7 Å². The number of nitro benzene ring substituents is 1. The fraction of sp³-hybridized carbons (Fsp3) is 0.467. The Morgan fingerprint density at radius 1 is 1.21 bits per heavy atom. The van der Waals surface area contributed by atoms with Crippen molar-refractivity contribution in [2.24, 2.45) is 0 Å². The Bertz CT molecular complexity index is 758. The van der Waals surface area contributed by atoms with Gasteiger partial charge in [0, 0.05) is 50.5 Å². The number of piperazine rings is 1. The number of non-ortho nitro benzene ring substituents is 1. The number of aromatic nitrogens is 3. The number of hydrogen-bond acceptors (Lipinski definition) is 6. The zero-order valence-electron chi connectivity index (χ0n) is 13.5. The summed E-state index contributed by atoms with van der Waals surface area (Å²) >= 11 is 0. The lowest BCUT2D eigenvalue weighted by molar-refractivity contribution is -0.384. The van der Waals surface area contributed by atoms with Crippen LogP contribution in [0.25, 0.3) is 0 Å². The maximum atomic E-state index is 11.6. The van der Waals surface area contributed by atoms with E-state index in [0.29, 0.717) is 13.1 Å². The van der Waals surface area contributed by atoms with Gasteiger partial charge in [0.05, 0.1) is 11.5 Å². The summed E-state index contributed by atoms with van der Waals surface area (Å²) in [6.45, 7) is 6.53. The molecule has 0 saturated carbocycles. The molecule has 2 heterocycles. The van der Waals surface area contributed by atoms with E-state index >= 15 is 0 Å². The van der Waals surface area contributed by atoms with Gasteiger partial charge in [-0.3, -0.25) is 19.6 Å². The Balaban J connectivity index is 1.59. The molecule has 1 aliphatic heterocycles. The molecule has 0 radical (unpaired) electrons. The number of rotatable bonds is 5. The van der Waals surface area contributed by atoms with E-state index in [1.54, 1.807) is 16.7 Å². The maximum absolute atomic E-state index is 11.6. The zero-order valence-corrected chi connectivity index (χ0v) is 13.5. The van der Waals surface area contributed by atoms with Gasteiger partial charge < -0.3 is 4.90 Å². The first-order valence-corrected chi connectivity index (χ1v) is 7.94. The summed E-state index contributed by atoms with van der Waals surface area (Å²) in [5, 5.41) is 17.3. The molecule has 0 spiro atoms. The van der Waals surface area contributed by atoms with Crippen LogP contribution in [0.4, 0.5) is 11.4 Å². The van der Waals surface area contributed by atoms with Crippen molar-refractivity contribution in [3.63, 3.8) is 0 Å². The molecule has 0 unspecified atom stereocenters. The number of aromatic amines is 1. The second-order valence-electron chi connectivity index (χ2n) is 5.73. The van der Waals surface area contributed by atoms with Crippen molar-refractivity contribution in [1.29, 1.82) is 0 Å². The van der Waals surface area contributed by atoms with Crippen molar-refractivity contribution in [3.05, 3.63) is 50.7 Å². The number of nitrogens with one attached hydrogen (secondary N) is 1. The van der Waals surface area contributed by atoms with Crippen molar-refractivity contribution in [2.75, 3.05) is 31.1 Å². The van der Waals surface area contributed by atoms with Crippen LogP contribution >= 0.6 is 0 Å². The van der Waals surface area contributed by atoms with E-state index in [1.807, 2.05) is 6.92 Å². The number of H-pyrrole nitrogens is 1. The van der Waals surface area contributed by atoms with Crippen molar-refractivity contribution >= 4 is 11.4 Å². The minimum Gasteiger partial charge on any atom is -0.369 e. The highest BCUT2D eigenvalue weighted by atomic mass is 16.6. The number of nitrogens with zero attached hydrogens (tertiary/aromatic N) is 5. The van der Waals surface area contributed by atoms with Gasteiger partial charge in [0.1, 0.15) is 5.82 Å². The Labute approximate surface area is 138 Å². The van der Waals surface area contributed by atoms with Crippen molar-refractivity contribution in [2.45, 2.75) is 20.0 Å². The van der Waals surface area contributed by atoms with Gasteiger partial charge in [-0.2, -0.15) is 5.10 Å². The summed E-state index contributed by atoms with van der Waals surface area (Å²) in [4.78, 5) is 26.4. The third kappa shape index (κ3) is 3.30. The fourth-order valence-corrected chi connectivity index (χ4v) is 2.95. The van der Waals surface area contributed by atoms with Gasteiger partial charge in [-0.15, -0.1) is 0 Å². The van der Waals surface area contributed by atoms with Crippen LogP contribution in [0.15, 0.2) is 29.1 Å². The zero-order chi connectivity index (χ0) is 17.1. The van der Waals surface area contributed by atoms with Gasteiger partial charge in [0.2, 0.25) is 0 Å². The first-order chi connectivity index (χ1) is 11.6. The summed E-state index contributed by atoms with van der Waals surface area (Å²) in [6.07, 6.45) is 0. The standard InChI is InChI=1S/C15H20N6O3/c1-2-20-14(16-17-15(20)22)11-18-7-9-19(10-8-18)12-3-5-13(6-4-12)21(23)24/h3-6H,2,7-11H2,1H3,(H,17,22). The Morgan fingerprint density at radius 3 is 2.46 bits per heavy atom. The summed E-state index contributed by atoms with van der Waals surface area (Å²) < 4.78 is 1.64. The molecule has 128 valence electrons. The maximum Gasteiger partial charge on any atom is 0.343 e. The molecule has 0 amide bonds. The van der Waals surface area contributed by atoms with Gasteiger partial charge in [0.25, 0.3) is 5.69 Å². The molecule has 3 rings (SSSR count). The van der Waals surface area contributed by atoms with Gasteiger partial charge in [-0.05, 0) is 19.1 Å². The number of hydrogen-bond donors (Lipinski definition) is 1. The van der Waals surface area contributed by atoms with Crippen LogP contribution in [-0.2, 0) is 13.1 Å². The molecule has 0 atom stereocenters. The predicted molar refractivity (Wildman–Crippen MR) is 89.1 cm³/mol. The monoisotopic (exact) mass is 332 g/mol. The quantitative estimate of drug-likeness (QED) is 0.643. The lowest BCUT2D eigenvalue weighted by atomic mass is 10.2. The SMILES string of the molecule is CCn1c(CN2CCN(c3ccc([N+](=O)[O-])cc3)CC2)n[nH]c1=O. The van der Waals surface area contributed by atoms with Gasteiger partial charge >= 0.3 is 5.69 Å². The molecule has 1 saturated heterocycles. The third-order valence-corrected chi connectivity index (χ3v) is 4.32. The summed E-state index contributed by atoms with van der Waals surface area (Å²) in [7, 11) is 0. The highest BCUT2D eigenvalue weighted by Gasteiger charge is 2.20. The molecule has 1 aromatic heterocycles. The number of nitro groups is 1. The van der Waals surface area contributed by atoms with Crippen LogP contribution in [0, 0.1) is 10.1 Å². The average Bonchev–Trinajstić information content (AvgIpc) is 2.95. The highest BCUT2D eigenvalue weighted by Crippen LogP contribution is 2.20. The van der Waals surface area contributed by atoms with E-state index in [0.717, 1.165) is 37.7 Å². The molecular weight excluding hydrogens is 312 g/mol. The highest BCUT2D eigenvalue weighted by molar-refractivity contribution is 5.51. The molecule has 9 heteroatoms. The van der Waals surface area contributed by atoms with E-state index in [9.17, 15) is 14.9 Å². The van der Waals surface area contributed by atoms with E-state index in [1.165, 1.54) is 12.1 Å². The van der Waals surface area contributed by atoms with Crippen LogP contribution in [0.1, 0.15) is 12.7 Å². The first kappa shape index (κ1) is 16.2. The first-order valence-electron chi connectivity index (χ1n) is 7.94. The van der Waals surface area contributed by atoms with E-state index in [-0.39, 0.29) is 11.4 Å². The van der Waals surface area contributed by atoms with Gasteiger partial charge in [-0.25, -0.2) is 9.89 Å². The van der Waals surface area contributed by atoms with Crippen LogP contribution in [0.5, 0.6) is 0 Å². The smallest absolute Gasteiger partial charge is 0.343 e. The molecule has 1 N–H and O–H groups in total. The molecule has 1 aliphatic rings. The lowest BCUT2D eigenvalue weighted by Gasteiger charge is -2.35. The molecule has 9 nitrogen and oxygen atoms in total. The van der Waals surface area contributed by atoms with E-state index in [2.05, 4.69) is 20.0 Å². The van der Waals surface area contributed by atoms with Crippen LogP contribution < -0.4 is 10.6 Å². The molecule has 24 heavy (non-hydrogen) atoms. The van der Waals surface area contributed by atoms with Crippen LogP contribution in [0.3, 0.4) is 0 Å². The summed E-state index contributed by atoms with van der Waals surface area (Å²) in [5.74, 6) is 0.756. The van der Waals surface area contributed by atoms with Crippen LogP contribution in [-0.4, -0.2) is 50.8 Å². The predicted octanol–water partition coefficient (Wildman–Crippen LogP) is 0.822. The number of benzene rings is 1. The van der Waals surface area contributed by atoms with Crippen molar-refractivity contribution in [3.8, 4) is 0 Å². The topological polar surface area (TPSA) is 100 Å². The minimum atomic E-state index is -0.390. The Morgan fingerprint density at radius 2 is 1.88 bits per heavy atom. The largest absolute Gasteiger partial charge is 0.369 e. The molecular formula is C15H20N6O3. The number of anilines is 1. The lowest BCUT2D eigenvalue weighted by Crippen LogP contribution is -2.46.